The predicted molar refractivity (Wildman–Crippen MR) is 101 cm³/mol. The molecular formula is C22H14N2O2. The molecule has 0 saturated carbocycles. The van der Waals surface area contributed by atoms with Gasteiger partial charge in [-0.1, -0.05) is 54.6 Å². The van der Waals surface area contributed by atoms with Gasteiger partial charge in [-0.05, 0) is 35.4 Å². The van der Waals surface area contributed by atoms with Crippen molar-refractivity contribution in [2.75, 3.05) is 0 Å². The summed E-state index contributed by atoms with van der Waals surface area (Å²) in [5, 5.41) is 0.953. The van der Waals surface area contributed by atoms with Crippen molar-refractivity contribution in [2.24, 2.45) is 0 Å². The number of para-hydroxylation sites is 1. The van der Waals surface area contributed by atoms with Crippen molar-refractivity contribution < 1.29 is 9.15 Å². The normalized spacial score (nSPS) is 11.1. The molecule has 0 aliphatic heterocycles. The van der Waals surface area contributed by atoms with E-state index in [0.29, 0.717) is 17.2 Å². The average molecular weight is 338 g/mol. The van der Waals surface area contributed by atoms with Gasteiger partial charge in [0.05, 0.1) is 0 Å². The lowest BCUT2D eigenvalue weighted by molar-refractivity contribution is 0.456. The maximum atomic E-state index is 5.97. The Bertz CT molecular complexity index is 1200. The van der Waals surface area contributed by atoms with E-state index in [2.05, 4.69) is 22.1 Å². The fourth-order valence-corrected chi connectivity index (χ4v) is 3.03. The quantitative estimate of drug-likeness (QED) is 0.415. The van der Waals surface area contributed by atoms with E-state index in [4.69, 9.17) is 9.15 Å². The van der Waals surface area contributed by atoms with E-state index in [9.17, 15) is 0 Å². The van der Waals surface area contributed by atoms with Gasteiger partial charge >= 0.3 is 0 Å². The molecule has 124 valence electrons. The molecule has 5 aromatic rings. The van der Waals surface area contributed by atoms with Crippen LogP contribution in [-0.4, -0.2) is 9.97 Å². The van der Waals surface area contributed by atoms with Gasteiger partial charge < -0.3 is 9.15 Å². The second-order valence-electron chi connectivity index (χ2n) is 5.95. The Hall–Kier alpha value is -3.66. The first kappa shape index (κ1) is 14.7. The molecule has 4 nitrogen and oxygen atoms in total. The van der Waals surface area contributed by atoms with E-state index in [0.717, 1.165) is 22.0 Å². The number of benzene rings is 3. The molecule has 0 atom stereocenters. The van der Waals surface area contributed by atoms with Crippen LogP contribution >= 0.6 is 0 Å². The minimum atomic E-state index is 0.415. The summed E-state index contributed by atoms with van der Waals surface area (Å²) in [4.78, 5) is 8.59. The van der Waals surface area contributed by atoms with Gasteiger partial charge in [0.1, 0.15) is 23.2 Å². The van der Waals surface area contributed by atoms with Gasteiger partial charge in [-0.15, -0.1) is 0 Å². The van der Waals surface area contributed by atoms with Gasteiger partial charge in [0.15, 0.2) is 0 Å². The number of ether oxygens (including phenoxy) is 1. The van der Waals surface area contributed by atoms with Crippen LogP contribution in [0.4, 0.5) is 0 Å². The maximum Gasteiger partial charge on any atom is 0.267 e. The number of hydrogen-bond donors (Lipinski definition) is 0. The minimum absolute atomic E-state index is 0.415. The molecule has 0 amide bonds. The zero-order valence-electron chi connectivity index (χ0n) is 13.8. The van der Waals surface area contributed by atoms with Crippen LogP contribution in [0.25, 0.3) is 33.2 Å². The Labute approximate surface area is 149 Å². The molecule has 0 bridgehead atoms. The average Bonchev–Trinajstić information content (AvgIpc) is 3.09. The van der Waals surface area contributed by atoms with Gasteiger partial charge in [-0.2, -0.15) is 4.98 Å². The number of hydrogen-bond acceptors (Lipinski definition) is 4. The number of furan rings is 1. The molecular weight excluding hydrogens is 324 g/mol. The molecule has 4 heteroatoms. The van der Waals surface area contributed by atoms with E-state index in [-0.39, 0.29) is 0 Å². The lowest BCUT2D eigenvalue weighted by atomic mass is 10.1. The Morgan fingerprint density at radius 3 is 2.27 bits per heavy atom. The number of fused-ring (bicyclic) bond motifs is 3. The summed E-state index contributed by atoms with van der Waals surface area (Å²) >= 11 is 0. The first-order valence-corrected chi connectivity index (χ1v) is 8.34. The second-order valence-corrected chi connectivity index (χ2v) is 5.95. The van der Waals surface area contributed by atoms with Gasteiger partial charge in [-0.25, -0.2) is 4.98 Å². The van der Waals surface area contributed by atoms with Crippen molar-refractivity contribution in [1.29, 1.82) is 0 Å². The third-order valence-corrected chi connectivity index (χ3v) is 4.30. The highest BCUT2D eigenvalue weighted by atomic mass is 16.5. The van der Waals surface area contributed by atoms with Crippen LogP contribution in [0.1, 0.15) is 0 Å². The van der Waals surface area contributed by atoms with Crippen molar-refractivity contribution in [3.05, 3.63) is 85.2 Å². The number of rotatable bonds is 3. The molecule has 0 unspecified atom stereocenters. The van der Waals surface area contributed by atoms with Crippen LogP contribution in [0.3, 0.4) is 0 Å². The minimum Gasteiger partial charge on any atom is -0.449 e. The lowest BCUT2D eigenvalue weighted by Crippen LogP contribution is -1.89. The monoisotopic (exact) mass is 338 g/mol. The SMILES string of the molecule is c1ccc(-c2ccc(Oc3ncnc4c3oc3ccccc34)cc2)cc1. The first-order chi connectivity index (χ1) is 12.9. The molecule has 26 heavy (non-hydrogen) atoms. The molecule has 0 aliphatic carbocycles. The van der Waals surface area contributed by atoms with Crippen LogP contribution in [0.2, 0.25) is 0 Å². The predicted octanol–water partition coefficient (Wildman–Crippen LogP) is 5.84. The van der Waals surface area contributed by atoms with Crippen molar-refractivity contribution in [3.63, 3.8) is 0 Å². The van der Waals surface area contributed by atoms with Gasteiger partial charge in [0.25, 0.3) is 5.88 Å². The third kappa shape index (κ3) is 2.48. The van der Waals surface area contributed by atoms with Gasteiger partial charge in [0.2, 0.25) is 5.58 Å². The summed E-state index contributed by atoms with van der Waals surface area (Å²) in [6.07, 6.45) is 1.50. The van der Waals surface area contributed by atoms with Gasteiger partial charge in [0, 0.05) is 5.39 Å². The van der Waals surface area contributed by atoms with E-state index in [1.54, 1.807) is 0 Å². The van der Waals surface area contributed by atoms with Crippen LogP contribution in [0.5, 0.6) is 11.6 Å². The summed E-state index contributed by atoms with van der Waals surface area (Å²) in [6.45, 7) is 0. The van der Waals surface area contributed by atoms with Gasteiger partial charge in [-0.3, -0.25) is 0 Å². The zero-order valence-corrected chi connectivity index (χ0v) is 13.8. The van der Waals surface area contributed by atoms with Crippen molar-refractivity contribution in [2.45, 2.75) is 0 Å². The molecule has 2 aromatic heterocycles. The standard InChI is InChI=1S/C22H14N2O2/c1-2-6-15(7-3-1)16-10-12-17(13-11-16)25-22-21-20(23-14-24-22)18-8-4-5-9-19(18)26-21/h1-14H. The topological polar surface area (TPSA) is 48.2 Å². The maximum absolute atomic E-state index is 5.97. The van der Waals surface area contributed by atoms with Crippen LogP contribution < -0.4 is 4.74 Å². The van der Waals surface area contributed by atoms with Crippen molar-refractivity contribution in [1.82, 2.24) is 9.97 Å². The highest BCUT2D eigenvalue weighted by molar-refractivity contribution is 6.03. The Kier molecular flexibility index (Phi) is 3.39. The molecule has 3 aromatic carbocycles. The Morgan fingerprint density at radius 1 is 0.692 bits per heavy atom. The Balaban J connectivity index is 1.51. The molecule has 0 radical (unpaired) electrons. The highest BCUT2D eigenvalue weighted by Gasteiger charge is 2.14. The molecule has 0 fully saturated rings. The second kappa shape index (κ2) is 6.01. The fraction of sp³-hybridized carbons (Fsp3) is 0. The van der Waals surface area contributed by atoms with Crippen LogP contribution in [0, 0.1) is 0 Å². The van der Waals surface area contributed by atoms with Crippen molar-refractivity contribution in [3.8, 4) is 22.8 Å². The zero-order chi connectivity index (χ0) is 17.3. The summed E-state index contributed by atoms with van der Waals surface area (Å²) in [6, 6.07) is 25.9. The molecule has 0 spiro atoms. The summed E-state index contributed by atoms with van der Waals surface area (Å²) in [5.74, 6) is 1.11. The van der Waals surface area contributed by atoms with Crippen LogP contribution in [-0.2, 0) is 0 Å². The number of nitrogens with zero attached hydrogens (tertiary/aromatic N) is 2. The van der Waals surface area contributed by atoms with Crippen molar-refractivity contribution >= 4 is 22.1 Å². The van der Waals surface area contributed by atoms with E-state index in [1.807, 2.05) is 66.7 Å². The van der Waals surface area contributed by atoms with E-state index in [1.165, 1.54) is 11.9 Å². The molecule has 0 aliphatic rings. The molecule has 5 rings (SSSR count). The van der Waals surface area contributed by atoms with E-state index >= 15 is 0 Å². The molecule has 0 saturated heterocycles. The Morgan fingerprint density at radius 2 is 1.42 bits per heavy atom. The third-order valence-electron chi connectivity index (χ3n) is 4.30. The van der Waals surface area contributed by atoms with E-state index < -0.39 is 0 Å². The smallest absolute Gasteiger partial charge is 0.267 e. The molecule has 2 heterocycles. The summed E-state index contributed by atoms with van der Waals surface area (Å²) < 4.78 is 11.9. The summed E-state index contributed by atoms with van der Waals surface area (Å²) in [5.41, 5.74) is 4.38. The fourth-order valence-electron chi connectivity index (χ4n) is 3.03. The highest BCUT2D eigenvalue weighted by Crippen LogP contribution is 2.34. The largest absolute Gasteiger partial charge is 0.449 e. The lowest BCUT2D eigenvalue weighted by Gasteiger charge is -2.06. The first-order valence-electron chi connectivity index (χ1n) is 8.34. The van der Waals surface area contributed by atoms with Crippen LogP contribution in [0.15, 0.2) is 89.6 Å². The number of aromatic nitrogens is 2. The molecule has 0 N–H and O–H groups in total. The summed E-state index contributed by atoms with van der Waals surface area (Å²) in [7, 11) is 0.